The molecule has 1 atom stereocenters. The van der Waals surface area contributed by atoms with E-state index in [4.69, 9.17) is 16.3 Å². The van der Waals surface area contributed by atoms with Crippen molar-refractivity contribution in [1.29, 1.82) is 0 Å². The zero-order chi connectivity index (χ0) is 15.6. The molecule has 1 aromatic heterocycles. The number of fused-ring (bicyclic) bond motifs is 1. The molecule has 0 fully saturated rings. The van der Waals surface area contributed by atoms with Crippen LogP contribution in [-0.2, 0) is 17.9 Å². The number of nitrogens with zero attached hydrogens (tertiary/aromatic N) is 2. The zero-order valence-corrected chi connectivity index (χ0v) is 14.0. The molecule has 0 saturated heterocycles. The van der Waals surface area contributed by atoms with E-state index in [9.17, 15) is 4.55 Å². The molecule has 0 saturated carbocycles. The second kappa shape index (κ2) is 6.36. The van der Waals surface area contributed by atoms with Crippen LogP contribution in [0.5, 0.6) is 5.88 Å². The van der Waals surface area contributed by atoms with Crippen LogP contribution in [0, 0.1) is 0 Å². The lowest BCUT2D eigenvalue weighted by atomic mass is 10.3. The number of aromatic nitrogens is 2. The summed E-state index contributed by atoms with van der Waals surface area (Å²) >= 11 is 4.78. The average molecular weight is 328 g/mol. The predicted molar refractivity (Wildman–Crippen MR) is 85.8 cm³/mol. The number of halogens is 1. The van der Waals surface area contributed by atoms with Gasteiger partial charge in [0.15, 0.2) is 0 Å². The minimum atomic E-state index is -1.19. The third-order valence-electron chi connectivity index (χ3n) is 2.78. The quantitative estimate of drug-likeness (QED) is 0.874. The smallest absolute Gasteiger partial charge is 0.237 e. The third kappa shape index (κ3) is 3.97. The number of nitrogens with one attached hydrogen (secondary N) is 1. The van der Waals surface area contributed by atoms with Gasteiger partial charge in [0.25, 0.3) is 0 Å². The molecule has 1 aromatic carbocycles. The van der Waals surface area contributed by atoms with Gasteiger partial charge in [-0.1, -0.05) is 11.6 Å². The molecule has 0 aliphatic heterocycles. The van der Waals surface area contributed by atoms with E-state index >= 15 is 0 Å². The number of ether oxygens (including phenoxy) is 1. The Bertz CT molecular complexity index is 646. The highest BCUT2D eigenvalue weighted by molar-refractivity contribution is 7.90. The van der Waals surface area contributed by atoms with E-state index in [1.165, 1.54) is 7.11 Å². The van der Waals surface area contributed by atoms with Gasteiger partial charge in [-0.15, -0.1) is 4.72 Å². The highest BCUT2D eigenvalue weighted by atomic mass is 35.5. The molecule has 1 N–H and O–H groups in total. The van der Waals surface area contributed by atoms with Crippen LogP contribution in [0.1, 0.15) is 26.5 Å². The van der Waals surface area contributed by atoms with Crippen molar-refractivity contribution in [1.82, 2.24) is 14.7 Å². The zero-order valence-electron chi connectivity index (χ0n) is 12.4. The fraction of sp³-hybridized carbons (Fsp3) is 0.429. The van der Waals surface area contributed by atoms with Gasteiger partial charge >= 0.3 is 0 Å². The normalized spacial score (nSPS) is 13.4. The van der Waals surface area contributed by atoms with E-state index in [1.807, 2.05) is 20.8 Å². The maximum Gasteiger partial charge on any atom is 0.237 e. The molecule has 0 radical (unpaired) electrons. The van der Waals surface area contributed by atoms with Crippen molar-refractivity contribution >= 4 is 34.0 Å². The van der Waals surface area contributed by atoms with Gasteiger partial charge in [0.2, 0.25) is 5.88 Å². The van der Waals surface area contributed by atoms with Crippen molar-refractivity contribution in [3.05, 3.63) is 28.9 Å². The Hall–Kier alpha value is -1.08. The summed E-state index contributed by atoms with van der Waals surface area (Å²) in [6, 6.07) is 5.29. The van der Waals surface area contributed by atoms with E-state index in [0.29, 0.717) is 34.2 Å². The number of hydrogen-bond donors (Lipinski definition) is 1. The summed E-state index contributed by atoms with van der Waals surface area (Å²) in [5.74, 6) is 0.420. The summed E-state index contributed by atoms with van der Waals surface area (Å²) < 4.78 is 19.9. The summed E-state index contributed by atoms with van der Waals surface area (Å²) in [5.41, 5.74) is 1.99. The van der Waals surface area contributed by atoms with Crippen molar-refractivity contribution < 1.29 is 9.29 Å². The lowest BCUT2D eigenvalue weighted by Gasteiger charge is -2.23. The number of benzene rings is 1. The molecular formula is C14H18ClN3O2S. The van der Waals surface area contributed by atoms with Crippen molar-refractivity contribution in [2.24, 2.45) is 0 Å². The average Bonchev–Trinajstić information content (AvgIpc) is 2.42. The Labute approximate surface area is 132 Å². The first-order valence-corrected chi connectivity index (χ1v) is 7.99. The Morgan fingerprint density at radius 2 is 2.00 bits per heavy atom. The van der Waals surface area contributed by atoms with Gasteiger partial charge in [0.1, 0.15) is 10.4 Å². The van der Waals surface area contributed by atoms with E-state index in [-0.39, 0.29) is 4.75 Å². The summed E-state index contributed by atoms with van der Waals surface area (Å²) in [7, 11) is 1.54. The second-order valence-corrected chi connectivity index (χ2v) is 8.00. The molecule has 2 rings (SSSR count). The van der Waals surface area contributed by atoms with Crippen LogP contribution in [0.25, 0.3) is 11.0 Å². The van der Waals surface area contributed by atoms with Gasteiger partial charge in [-0.2, -0.15) is 0 Å². The first-order valence-electron chi connectivity index (χ1n) is 6.47. The number of hydrogen-bond acceptors (Lipinski definition) is 5. The minimum absolute atomic E-state index is 0.308. The Kier molecular flexibility index (Phi) is 4.93. The van der Waals surface area contributed by atoms with Gasteiger partial charge in [-0.05, 0) is 39.0 Å². The molecule has 5 nitrogen and oxygen atoms in total. The first-order chi connectivity index (χ1) is 9.81. The van der Waals surface area contributed by atoms with Gasteiger partial charge in [0, 0.05) is 16.4 Å². The van der Waals surface area contributed by atoms with Crippen LogP contribution < -0.4 is 9.46 Å². The summed E-state index contributed by atoms with van der Waals surface area (Å²) in [4.78, 5) is 8.88. The van der Waals surface area contributed by atoms with E-state index < -0.39 is 11.4 Å². The lowest BCUT2D eigenvalue weighted by molar-refractivity contribution is 0.390. The second-order valence-electron chi connectivity index (χ2n) is 5.51. The highest BCUT2D eigenvalue weighted by Gasteiger charge is 2.26. The topological polar surface area (TPSA) is 70.1 Å². The SMILES string of the molecule is COc1nc2ccc(Cl)cc2nc1CN[S@@+]([O-])C(C)(C)C. The molecule has 2 aromatic rings. The van der Waals surface area contributed by atoms with Gasteiger partial charge < -0.3 is 9.29 Å². The van der Waals surface area contributed by atoms with Gasteiger partial charge in [-0.25, -0.2) is 9.97 Å². The maximum atomic E-state index is 12.0. The van der Waals surface area contributed by atoms with Crippen molar-refractivity contribution in [2.45, 2.75) is 32.1 Å². The molecule has 0 aliphatic rings. The van der Waals surface area contributed by atoms with E-state index in [0.717, 1.165) is 0 Å². The molecule has 0 spiro atoms. The van der Waals surface area contributed by atoms with Crippen LogP contribution in [0.4, 0.5) is 0 Å². The van der Waals surface area contributed by atoms with E-state index in [1.54, 1.807) is 18.2 Å². The maximum absolute atomic E-state index is 12.0. The van der Waals surface area contributed by atoms with Crippen LogP contribution in [-0.4, -0.2) is 26.4 Å². The van der Waals surface area contributed by atoms with Crippen LogP contribution >= 0.6 is 11.6 Å². The Morgan fingerprint density at radius 1 is 1.29 bits per heavy atom. The van der Waals surface area contributed by atoms with E-state index in [2.05, 4.69) is 14.7 Å². The van der Waals surface area contributed by atoms with Crippen LogP contribution in [0.2, 0.25) is 5.02 Å². The molecule has 21 heavy (non-hydrogen) atoms. The molecule has 7 heteroatoms. The molecule has 0 bridgehead atoms. The van der Waals surface area contributed by atoms with Crippen LogP contribution in [0.3, 0.4) is 0 Å². The van der Waals surface area contributed by atoms with Crippen LogP contribution in [0.15, 0.2) is 18.2 Å². The minimum Gasteiger partial charge on any atom is -0.598 e. The van der Waals surface area contributed by atoms with Gasteiger partial charge in [0.05, 0.1) is 24.7 Å². The van der Waals surface area contributed by atoms with Crippen molar-refractivity contribution in [2.75, 3.05) is 7.11 Å². The Morgan fingerprint density at radius 3 is 2.62 bits per heavy atom. The van der Waals surface area contributed by atoms with Crippen molar-refractivity contribution in [3.63, 3.8) is 0 Å². The molecule has 0 unspecified atom stereocenters. The first kappa shape index (κ1) is 16.3. The fourth-order valence-electron chi connectivity index (χ4n) is 1.68. The largest absolute Gasteiger partial charge is 0.598 e. The Balaban J connectivity index is 2.29. The predicted octanol–water partition coefficient (Wildman–Crippen LogP) is 2.84. The summed E-state index contributed by atoms with van der Waals surface area (Å²) in [5, 5.41) is 0.596. The van der Waals surface area contributed by atoms with Gasteiger partial charge in [-0.3, -0.25) is 0 Å². The number of rotatable bonds is 4. The molecule has 1 heterocycles. The number of methoxy groups -OCH3 is 1. The molecule has 114 valence electrons. The summed E-state index contributed by atoms with van der Waals surface area (Å²) in [6.07, 6.45) is 0. The third-order valence-corrected chi connectivity index (χ3v) is 4.54. The standard InChI is InChI=1S/C14H18ClN3O2S/c1-14(2,3)21(19)16-8-12-13(20-4)18-10-6-5-9(15)7-11(10)17-12/h5-7,16H,8H2,1-4H3/t21-/m0/s1. The molecule has 0 amide bonds. The monoisotopic (exact) mass is 327 g/mol. The highest BCUT2D eigenvalue weighted by Crippen LogP contribution is 2.22. The fourth-order valence-corrected chi connectivity index (χ4v) is 2.54. The van der Waals surface area contributed by atoms with Crippen molar-refractivity contribution in [3.8, 4) is 5.88 Å². The lowest BCUT2D eigenvalue weighted by Crippen LogP contribution is -2.39. The molecule has 0 aliphatic carbocycles. The molecular weight excluding hydrogens is 310 g/mol. The summed E-state index contributed by atoms with van der Waals surface area (Å²) in [6.45, 7) is 6.01.